The van der Waals surface area contributed by atoms with E-state index < -0.39 is 5.92 Å². The number of carbonyl (C=O) groups is 2. The molecule has 63 heavy (non-hydrogen) atoms. The zero-order chi connectivity index (χ0) is 45.5. The molecule has 6 rings (SSSR count). The van der Waals surface area contributed by atoms with Crippen molar-refractivity contribution in [1.29, 1.82) is 0 Å². The molecule has 3 aliphatic rings. The highest BCUT2D eigenvalue weighted by Crippen LogP contribution is 2.48. The summed E-state index contributed by atoms with van der Waals surface area (Å²) in [5.41, 5.74) is 15.1. The van der Waals surface area contributed by atoms with Gasteiger partial charge < -0.3 is 29.7 Å². The van der Waals surface area contributed by atoms with Gasteiger partial charge in [-0.3, -0.25) is 9.59 Å². The lowest BCUT2D eigenvalue weighted by atomic mass is 9.85. The van der Waals surface area contributed by atoms with Crippen LogP contribution >= 0.6 is 0 Å². The number of carbonyl (C=O) groups excluding carboxylic acids is 2. The molecule has 8 nitrogen and oxygen atoms in total. The van der Waals surface area contributed by atoms with Crippen LogP contribution in [0.1, 0.15) is 175 Å². The van der Waals surface area contributed by atoms with Crippen LogP contribution in [-0.2, 0) is 31.9 Å². The highest BCUT2D eigenvalue weighted by Gasteiger charge is 2.43. The van der Waals surface area contributed by atoms with Crippen molar-refractivity contribution >= 4 is 41.8 Å². The Morgan fingerprint density at radius 3 is 2.17 bits per heavy atom. The number of H-pyrrole nitrogens is 3. The third-order valence-electron chi connectivity index (χ3n) is 14.7. The first kappa shape index (κ1) is 47.8. The molecule has 4 N–H and O–H groups in total. The Hall–Kier alpha value is -4.72. The van der Waals surface area contributed by atoms with Crippen LogP contribution in [0.25, 0.3) is 29.9 Å². The predicted octanol–water partition coefficient (Wildman–Crippen LogP) is 11.4. The van der Waals surface area contributed by atoms with E-state index in [1.54, 1.807) is 0 Å². The van der Waals surface area contributed by atoms with E-state index in [4.69, 9.17) is 9.47 Å². The Kier molecular flexibility index (Phi) is 16.1. The van der Waals surface area contributed by atoms with E-state index >= 15 is 0 Å². The van der Waals surface area contributed by atoms with Gasteiger partial charge in [0.25, 0.3) is 0 Å². The molecule has 3 aromatic heterocycles. The Bertz CT molecular complexity index is 2360. The van der Waals surface area contributed by atoms with Crippen molar-refractivity contribution in [3.63, 3.8) is 0 Å². The van der Waals surface area contributed by atoms with Crippen LogP contribution < -0.4 is 16.0 Å². The smallest absolute Gasteiger partial charge is 0.313 e. The monoisotopic (exact) mass is 859 g/mol. The normalized spacial score (nSPS) is 22.1. The Morgan fingerprint density at radius 1 is 0.841 bits per heavy atom. The summed E-state index contributed by atoms with van der Waals surface area (Å²) in [6, 6.07) is 0. The zero-order valence-corrected chi connectivity index (χ0v) is 40.6. The number of ether oxygens (including phenoxy) is 2. The number of nitrogens with one attached hydrogen (secondary N) is 4. The quantitative estimate of drug-likeness (QED) is 0.0668. The third-order valence-corrected chi connectivity index (χ3v) is 14.7. The number of fused-ring (bicyclic) bond motifs is 7. The van der Waals surface area contributed by atoms with E-state index in [-0.39, 0.29) is 30.2 Å². The molecule has 0 unspecified atom stereocenters. The van der Waals surface area contributed by atoms with Crippen LogP contribution in [0.5, 0.6) is 0 Å². The molecule has 2 aliphatic heterocycles. The van der Waals surface area contributed by atoms with E-state index in [1.165, 1.54) is 68.8 Å². The maximum atomic E-state index is 13.6. The molecule has 1 aliphatic carbocycles. The summed E-state index contributed by atoms with van der Waals surface area (Å²) in [5, 5.41) is 5.98. The number of aromatic amines is 3. The Balaban J connectivity index is 1.19. The fraction of sp³-hybridized carbons (Fsp3) is 0.564. The molecule has 3 aromatic rings. The van der Waals surface area contributed by atoms with Crippen molar-refractivity contribution in [2.24, 2.45) is 35.5 Å². The summed E-state index contributed by atoms with van der Waals surface area (Å²) in [4.78, 5) is 38.3. The molecule has 5 heterocycles. The van der Waals surface area contributed by atoms with Crippen molar-refractivity contribution in [3.8, 4) is 0 Å². The van der Waals surface area contributed by atoms with E-state index in [0.717, 1.165) is 110 Å². The van der Waals surface area contributed by atoms with Crippen molar-refractivity contribution < 1.29 is 19.1 Å². The van der Waals surface area contributed by atoms with Crippen molar-refractivity contribution in [2.45, 2.75) is 153 Å². The summed E-state index contributed by atoms with van der Waals surface area (Å²) >= 11 is 0. The zero-order valence-electron chi connectivity index (χ0n) is 40.6. The summed E-state index contributed by atoms with van der Waals surface area (Å²) in [7, 11) is 1.47. The van der Waals surface area contributed by atoms with E-state index in [2.05, 4.69) is 120 Å². The van der Waals surface area contributed by atoms with Gasteiger partial charge in [0.2, 0.25) is 0 Å². The summed E-state index contributed by atoms with van der Waals surface area (Å²) < 4.78 is 11.3. The standard InChI is InChI=1S/C55H78N4O4/c1-13-40-36(8)45-29-47-38(10)42(24-25-51(60)63-27-26-35(7)23-17-22-34(6)21-16-20-33(5)19-15-18-32(3)4)53(58-47)52-44(55(61)62-12)28-43-39(11)48(59-54(43)52)31-50-41(14-2)37(9)46(57-50)30-49(40)56-45/h13,26,29-34,38,42,44,56-59H,1,14-25,27-28H2,2-12H3/b35-26+,46-30-,47-29-,50-31-,53-52-/t33-,34-,38+,42+,44+/m1/s1. The summed E-state index contributed by atoms with van der Waals surface area (Å²) in [6.45, 7) is 27.0. The third kappa shape index (κ3) is 11.0. The van der Waals surface area contributed by atoms with Gasteiger partial charge in [-0.25, -0.2) is 0 Å². The number of hydrogen-bond acceptors (Lipinski definition) is 5. The molecule has 1 fully saturated rings. The van der Waals surface area contributed by atoms with Crippen molar-refractivity contribution in [2.75, 3.05) is 13.7 Å². The number of aromatic nitrogens is 3. The first-order chi connectivity index (χ1) is 30.1. The molecule has 8 bridgehead atoms. The Labute approximate surface area is 378 Å². The lowest BCUT2D eigenvalue weighted by Crippen LogP contribution is -2.21. The summed E-state index contributed by atoms with van der Waals surface area (Å²) in [5.74, 6) is 1.43. The molecular weight excluding hydrogens is 781 g/mol. The maximum absolute atomic E-state index is 13.6. The van der Waals surface area contributed by atoms with Crippen LogP contribution in [0.2, 0.25) is 0 Å². The van der Waals surface area contributed by atoms with E-state index in [1.807, 2.05) is 6.08 Å². The second-order valence-corrected chi connectivity index (χ2v) is 19.8. The minimum Gasteiger partial charge on any atom is -0.469 e. The van der Waals surface area contributed by atoms with Gasteiger partial charge in [-0.2, -0.15) is 0 Å². The highest BCUT2D eigenvalue weighted by molar-refractivity contribution is 5.94. The van der Waals surface area contributed by atoms with Gasteiger partial charge in [0.1, 0.15) is 6.61 Å². The summed E-state index contributed by atoms with van der Waals surface area (Å²) in [6.07, 6.45) is 24.4. The number of rotatable bonds is 20. The predicted molar refractivity (Wildman–Crippen MR) is 261 cm³/mol. The Morgan fingerprint density at radius 2 is 1.51 bits per heavy atom. The molecule has 0 aromatic carbocycles. The lowest BCUT2D eigenvalue weighted by molar-refractivity contribution is -0.144. The van der Waals surface area contributed by atoms with Gasteiger partial charge in [-0.15, -0.1) is 0 Å². The number of esters is 2. The molecule has 8 heteroatoms. The second-order valence-electron chi connectivity index (χ2n) is 19.8. The minimum atomic E-state index is -0.470. The van der Waals surface area contributed by atoms with Crippen LogP contribution in [-0.4, -0.2) is 40.6 Å². The van der Waals surface area contributed by atoms with Gasteiger partial charge in [0.15, 0.2) is 0 Å². The topological polar surface area (TPSA) is 112 Å². The van der Waals surface area contributed by atoms with Gasteiger partial charge in [-0.05, 0) is 130 Å². The van der Waals surface area contributed by atoms with Gasteiger partial charge in [-0.1, -0.05) is 105 Å². The molecule has 0 radical (unpaired) electrons. The number of hydrogen-bond donors (Lipinski definition) is 4. The van der Waals surface area contributed by atoms with Crippen LogP contribution in [0.15, 0.2) is 29.6 Å². The SMILES string of the molecule is C=Cc1c2[nH]c(c1C)/C=C1\N/C(=C3\c4[nH]c(c(C)c4C[C@@H]3C(=O)OC)/C=c3\[nH]/c(c(C)c3CC)=C\2)[C@@H](CCC(=O)OC/C=C(\C)CCC[C@H](C)CCC[C@H](C)CCCC(C)C)[C@@H]1C. The lowest BCUT2D eigenvalue weighted by Gasteiger charge is -2.20. The van der Waals surface area contributed by atoms with Crippen molar-refractivity contribution in [3.05, 3.63) is 96.5 Å². The molecule has 0 spiro atoms. The van der Waals surface area contributed by atoms with Crippen molar-refractivity contribution in [1.82, 2.24) is 20.3 Å². The highest BCUT2D eigenvalue weighted by atomic mass is 16.5. The maximum Gasteiger partial charge on any atom is 0.313 e. The molecule has 1 saturated heterocycles. The molecular formula is C55H78N4O4. The van der Waals surface area contributed by atoms with Gasteiger partial charge >= 0.3 is 11.9 Å². The fourth-order valence-corrected chi connectivity index (χ4v) is 10.5. The fourth-order valence-electron chi connectivity index (χ4n) is 10.5. The largest absolute Gasteiger partial charge is 0.469 e. The van der Waals surface area contributed by atoms with Crippen LogP contribution in [0.3, 0.4) is 0 Å². The van der Waals surface area contributed by atoms with Crippen LogP contribution in [0.4, 0.5) is 0 Å². The van der Waals surface area contributed by atoms with Crippen LogP contribution in [0, 0.1) is 56.3 Å². The van der Waals surface area contributed by atoms with E-state index in [0.29, 0.717) is 19.4 Å². The van der Waals surface area contributed by atoms with E-state index in [9.17, 15) is 9.59 Å². The molecule has 0 amide bonds. The first-order valence-corrected chi connectivity index (χ1v) is 24.2. The number of methoxy groups -OCH3 is 1. The van der Waals surface area contributed by atoms with Gasteiger partial charge in [0, 0.05) is 74.3 Å². The van der Waals surface area contributed by atoms with Gasteiger partial charge in [0.05, 0.1) is 13.0 Å². The number of allylic oxidation sites excluding steroid dienone is 3. The molecule has 0 saturated carbocycles. The molecule has 342 valence electrons. The average molecular weight is 859 g/mol. The first-order valence-electron chi connectivity index (χ1n) is 24.2. The second kappa shape index (κ2) is 21.3. The molecule has 5 atom stereocenters. The minimum absolute atomic E-state index is 0.0327. The average Bonchev–Trinajstić information content (AvgIpc) is 4.00.